The zero-order valence-corrected chi connectivity index (χ0v) is 45.8. The van der Waals surface area contributed by atoms with Gasteiger partial charge in [-0.15, -0.1) is 0 Å². The van der Waals surface area contributed by atoms with Crippen LogP contribution in [0.4, 0.5) is 0 Å². The van der Waals surface area contributed by atoms with E-state index in [9.17, 15) is 28.8 Å². The molecule has 3 fully saturated rings. The third kappa shape index (κ3) is 20.2. The molecule has 12 heteroatoms. The molecule has 0 bridgehead atoms. The average Bonchev–Trinajstić information content (AvgIpc) is 4.18. The van der Waals surface area contributed by atoms with E-state index < -0.39 is 39.9 Å². The molecular weight excluding hydrogens is 937 g/mol. The maximum Gasteiger partial charge on any atom is 0.345 e. The summed E-state index contributed by atoms with van der Waals surface area (Å²) in [6.45, 7) is 44.4. The van der Waals surface area contributed by atoms with Crippen LogP contribution in [0.3, 0.4) is 0 Å². The van der Waals surface area contributed by atoms with Crippen molar-refractivity contribution in [2.45, 2.75) is 174 Å². The topological polar surface area (TPSA) is 158 Å². The van der Waals surface area contributed by atoms with Crippen molar-refractivity contribution in [1.29, 1.82) is 0 Å². The van der Waals surface area contributed by atoms with E-state index in [0.29, 0.717) is 22.3 Å². The first-order valence-corrected chi connectivity index (χ1v) is 25.2. The Hall–Kier alpha value is -6.82. The van der Waals surface area contributed by atoms with Crippen molar-refractivity contribution in [3.05, 3.63) is 158 Å². The van der Waals surface area contributed by atoms with Crippen LogP contribution in [0, 0.1) is 0 Å². The predicted molar refractivity (Wildman–Crippen MR) is 293 cm³/mol. The number of hydrogen-bond donors (Lipinski definition) is 0. The van der Waals surface area contributed by atoms with Crippen LogP contribution in [0.25, 0.3) is 10.8 Å². The van der Waals surface area contributed by atoms with Gasteiger partial charge >= 0.3 is 35.8 Å². The number of benzene rings is 2. The molecular formula is C62H82O12. The largest absolute Gasteiger partial charge is 0.452 e. The van der Waals surface area contributed by atoms with Crippen LogP contribution in [0.1, 0.15) is 151 Å². The summed E-state index contributed by atoms with van der Waals surface area (Å²) in [5, 5.41) is 2.31. The van der Waals surface area contributed by atoms with Crippen LogP contribution >= 0.6 is 0 Å². The molecule has 2 atom stereocenters. The minimum atomic E-state index is -0.667. The van der Waals surface area contributed by atoms with E-state index >= 15 is 0 Å². The van der Waals surface area contributed by atoms with Crippen LogP contribution in [0.2, 0.25) is 0 Å². The molecule has 12 nitrogen and oxygen atoms in total. The van der Waals surface area contributed by atoms with Gasteiger partial charge in [-0.25, -0.2) is 28.8 Å². The molecule has 0 aromatic heterocycles. The highest BCUT2D eigenvalue weighted by atomic mass is 16.6. The molecule has 0 N–H and O–H groups in total. The van der Waals surface area contributed by atoms with E-state index in [1.807, 2.05) is 64.1 Å². The fourth-order valence-corrected chi connectivity index (χ4v) is 8.02. The van der Waals surface area contributed by atoms with Gasteiger partial charge in [-0.1, -0.05) is 95.1 Å². The quantitative estimate of drug-likeness (QED) is 0.0721. The van der Waals surface area contributed by atoms with E-state index in [2.05, 4.69) is 70.8 Å². The van der Waals surface area contributed by atoms with Gasteiger partial charge in [-0.05, 0) is 192 Å². The van der Waals surface area contributed by atoms with Crippen molar-refractivity contribution in [3.8, 4) is 0 Å². The maximum absolute atomic E-state index is 11.7. The molecule has 0 heterocycles. The lowest BCUT2D eigenvalue weighted by atomic mass is 9.95. The lowest BCUT2D eigenvalue weighted by molar-refractivity contribution is -0.164. The van der Waals surface area contributed by atoms with Crippen LogP contribution in [-0.2, 0) is 62.8 Å². The van der Waals surface area contributed by atoms with E-state index in [0.717, 1.165) is 100.0 Å². The molecule has 2 aromatic rings. The SMILES string of the molecule is C=C(C)C(=O)OC(C)(C)c1ccc2ccccc2c1.C=C(C)C(=O)OC1(C)C=CCC1.C=C(C)C(=O)OC1(C)CCCC1=C.C=CC1(OC(=O)C(=C)C)CCCC1.C=CC1(OC(=O)COC(=O)C(=C)C)CCCC1. The zero-order chi connectivity index (χ0) is 56.1. The molecule has 2 aromatic carbocycles. The van der Waals surface area contributed by atoms with Crippen LogP contribution < -0.4 is 0 Å². The molecule has 0 amide bonds. The standard InChI is InChI=1S/C17H18O2.C13H18O4.2C11H16O2.C10H14O2/c1-12(2)16(18)19-17(3,4)15-10-9-13-7-5-6-8-14(13)11-15;1-4-13(7-5-6-8-13)17-11(14)9-16-12(15)10(2)3;1-8(2)10(12)13-11(4)7-5-6-9(11)3;1-4-11(7-5-6-8-11)13-10(12)9(2)3;1-8(2)9(11)12-10(3)6-4-5-7-10/h5-11H,1H2,2-4H3;4H,1-2,5-9H2,3H3;1,3,5-7H2,2,4H3;4H,1-2,5-8H2,3H3;4,6H,1,5,7H2,2-3H3. The first kappa shape index (κ1) is 63.3. The Labute approximate surface area is 441 Å². The van der Waals surface area contributed by atoms with E-state index in [-0.39, 0.29) is 36.1 Å². The van der Waals surface area contributed by atoms with Gasteiger partial charge in [0.1, 0.15) is 28.0 Å². The molecule has 6 rings (SSSR count). The Balaban J connectivity index is 0.000000320. The Morgan fingerprint density at radius 2 is 1.05 bits per heavy atom. The summed E-state index contributed by atoms with van der Waals surface area (Å²) in [5.74, 6) is -2.41. The van der Waals surface area contributed by atoms with Crippen LogP contribution in [-0.4, -0.2) is 64.8 Å². The van der Waals surface area contributed by atoms with Gasteiger partial charge in [0.15, 0.2) is 6.61 Å². The minimum absolute atomic E-state index is 0.261. The van der Waals surface area contributed by atoms with Crippen molar-refractivity contribution in [1.82, 2.24) is 0 Å². The number of allylic oxidation sites excluding steroid dienone is 1. The van der Waals surface area contributed by atoms with Crippen molar-refractivity contribution in [2.24, 2.45) is 0 Å². The van der Waals surface area contributed by atoms with Gasteiger partial charge in [0.25, 0.3) is 0 Å². The van der Waals surface area contributed by atoms with Crippen LogP contribution in [0.15, 0.2) is 153 Å². The minimum Gasteiger partial charge on any atom is -0.452 e. The Bertz CT molecular complexity index is 2460. The van der Waals surface area contributed by atoms with Crippen molar-refractivity contribution in [2.75, 3.05) is 6.61 Å². The molecule has 74 heavy (non-hydrogen) atoms. The average molecular weight is 1020 g/mol. The first-order chi connectivity index (χ1) is 34.5. The highest BCUT2D eigenvalue weighted by Crippen LogP contribution is 2.38. The summed E-state index contributed by atoms with van der Waals surface area (Å²) < 4.78 is 31.5. The highest BCUT2D eigenvalue weighted by Gasteiger charge is 2.37. The molecule has 0 saturated heterocycles. The lowest BCUT2D eigenvalue weighted by Crippen LogP contribution is -2.31. The van der Waals surface area contributed by atoms with Gasteiger partial charge in [-0.3, -0.25) is 0 Å². The van der Waals surface area contributed by atoms with Crippen molar-refractivity contribution in [3.63, 3.8) is 0 Å². The summed E-state index contributed by atoms with van der Waals surface area (Å²) in [7, 11) is 0. The Morgan fingerprint density at radius 1 is 0.581 bits per heavy atom. The highest BCUT2D eigenvalue weighted by molar-refractivity contribution is 5.90. The van der Waals surface area contributed by atoms with Crippen molar-refractivity contribution < 1.29 is 57.2 Å². The summed E-state index contributed by atoms with van der Waals surface area (Å²) in [4.78, 5) is 68.0. The predicted octanol–water partition coefficient (Wildman–Crippen LogP) is 13.8. The van der Waals surface area contributed by atoms with Gasteiger partial charge < -0.3 is 28.4 Å². The molecule has 4 aliphatic rings. The lowest BCUT2D eigenvalue weighted by Gasteiger charge is -2.26. The Morgan fingerprint density at radius 3 is 1.50 bits per heavy atom. The van der Waals surface area contributed by atoms with Gasteiger partial charge in [0.2, 0.25) is 0 Å². The van der Waals surface area contributed by atoms with Crippen LogP contribution in [0.5, 0.6) is 0 Å². The normalized spacial score (nSPS) is 19.5. The Kier molecular flexibility index (Phi) is 24.4. The summed E-state index contributed by atoms with van der Waals surface area (Å²) in [5.41, 5.74) is 1.54. The van der Waals surface area contributed by atoms with Gasteiger partial charge in [0, 0.05) is 27.9 Å². The zero-order valence-electron chi connectivity index (χ0n) is 45.8. The third-order valence-corrected chi connectivity index (χ3v) is 12.9. The number of fused-ring (bicyclic) bond motifs is 1. The molecule has 0 aliphatic heterocycles. The fraction of sp³-hybridized carbons (Fsp3) is 0.452. The summed E-state index contributed by atoms with van der Waals surface area (Å²) in [6, 6.07) is 14.2. The fourth-order valence-electron chi connectivity index (χ4n) is 8.02. The summed E-state index contributed by atoms with van der Waals surface area (Å²) >= 11 is 0. The smallest absolute Gasteiger partial charge is 0.345 e. The summed E-state index contributed by atoms with van der Waals surface area (Å²) in [6.07, 6.45) is 19.8. The van der Waals surface area contributed by atoms with Gasteiger partial charge in [-0.2, -0.15) is 0 Å². The maximum atomic E-state index is 11.7. The molecule has 2 unspecified atom stereocenters. The molecule has 0 radical (unpaired) electrons. The van der Waals surface area contributed by atoms with E-state index in [4.69, 9.17) is 28.4 Å². The number of esters is 6. The molecule has 4 aliphatic carbocycles. The monoisotopic (exact) mass is 1020 g/mol. The van der Waals surface area contributed by atoms with Crippen molar-refractivity contribution >= 4 is 46.6 Å². The first-order valence-electron chi connectivity index (χ1n) is 25.2. The number of carbonyl (C=O) groups is 6. The number of carbonyl (C=O) groups excluding carboxylic acids is 6. The number of rotatable bonds is 15. The second-order valence-corrected chi connectivity index (χ2v) is 20.5. The second-order valence-electron chi connectivity index (χ2n) is 20.5. The molecule has 402 valence electrons. The third-order valence-electron chi connectivity index (χ3n) is 12.9. The molecule has 0 spiro atoms. The number of hydrogen-bond acceptors (Lipinski definition) is 12. The van der Waals surface area contributed by atoms with Gasteiger partial charge in [0.05, 0.1) is 0 Å². The molecule has 3 saturated carbocycles. The van der Waals surface area contributed by atoms with E-state index in [1.54, 1.807) is 39.8 Å². The van der Waals surface area contributed by atoms with E-state index in [1.165, 1.54) is 12.3 Å². The second kappa shape index (κ2) is 28.6. The number of ether oxygens (including phenoxy) is 6.